The molecule has 1 aromatic carbocycles. The van der Waals surface area contributed by atoms with Crippen molar-refractivity contribution in [3.05, 3.63) is 44.8 Å². The summed E-state index contributed by atoms with van der Waals surface area (Å²) < 4.78 is 42.0. The Morgan fingerprint density at radius 3 is 2.15 bits per heavy atom. The summed E-state index contributed by atoms with van der Waals surface area (Å²) in [6.45, 7) is 2.17. The number of nitro groups is 1. The van der Waals surface area contributed by atoms with Crippen LogP contribution in [0.2, 0.25) is 0 Å². The Hall–Kier alpha value is -2.28. The highest BCUT2D eigenvalue weighted by Gasteiger charge is 2.15. The third-order valence-corrected chi connectivity index (χ3v) is 4.52. The standard InChI is InChI=1S/C14H21N5O7S/c15-18-16-5-7-24-9-11-26-12-10-25-8-6-17-27(22,23)14-3-1-13(2-4-14)19(20)21/h1-4,17H,5-12H2. The number of rotatable bonds is 15. The molecule has 150 valence electrons. The first-order chi connectivity index (χ1) is 13.0. The Labute approximate surface area is 156 Å². The summed E-state index contributed by atoms with van der Waals surface area (Å²) in [5, 5.41) is 13.9. The zero-order valence-electron chi connectivity index (χ0n) is 14.5. The molecule has 0 aliphatic carbocycles. The van der Waals surface area contributed by atoms with Crippen molar-refractivity contribution in [1.29, 1.82) is 0 Å². The highest BCUT2D eigenvalue weighted by molar-refractivity contribution is 7.89. The molecular weight excluding hydrogens is 382 g/mol. The second-order valence-electron chi connectivity index (χ2n) is 4.94. The predicted molar refractivity (Wildman–Crippen MR) is 94.8 cm³/mol. The molecule has 1 rings (SSSR count). The van der Waals surface area contributed by atoms with E-state index in [1.165, 1.54) is 12.1 Å². The molecule has 27 heavy (non-hydrogen) atoms. The highest BCUT2D eigenvalue weighted by atomic mass is 32.2. The molecule has 0 saturated carbocycles. The molecule has 1 N–H and O–H groups in total. The molecule has 0 aliphatic heterocycles. The molecule has 12 nitrogen and oxygen atoms in total. The van der Waals surface area contributed by atoms with Gasteiger partial charge in [0.05, 0.1) is 49.5 Å². The maximum Gasteiger partial charge on any atom is 0.269 e. The lowest BCUT2D eigenvalue weighted by molar-refractivity contribution is -0.384. The quantitative estimate of drug-likeness (QED) is 0.115. The van der Waals surface area contributed by atoms with E-state index in [9.17, 15) is 18.5 Å². The number of azide groups is 1. The second-order valence-corrected chi connectivity index (χ2v) is 6.71. The molecule has 0 aromatic heterocycles. The molecular formula is C14H21N5O7S. The summed E-state index contributed by atoms with van der Waals surface area (Å²) in [4.78, 5) is 12.5. The predicted octanol–water partition coefficient (Wildman–Crippen LogP) is 1.23. The van der Waals surface area contributed by atoms with Crippen LogP contribution in [-0.2, 0) is 24.2 Å². The number of hydrogen-bond acceptors (Lipinski definition) is 8. The Balaban J connectivity index is 2.08. The minimum Gasteiger partial charge on any atom is -0.379 e. The van der Waals surface area contributed by atoms with Crippen molar-refractivity contribution in [2.24, 2.45) is 5.11 Å². The van der Waals surface area contributed by atoms with E-state index in [0.29, 0.717) is 26.4 Å². The van der Waals surface area contributed by atoms with Gasteiger partial charge in [-0.2, -0.15) is 0 Å². The van der Waals surface area contributed by atoms with Gasteiger partial charge in [0.1, 0.15) is 0 Å². The van der Waals surface area contributed by atoms with Crippen molar-refractivity contribution >= 4 is 15.7 Å². The first-order valence-electron chi connectivity index (χ1n) is 7.95. The smallest absolute Gasteiger partial charge is 0.269 e. The Morgan fingerprint density at radius 1 is 1.04 bits per heavy atom. The topological polar surface area (TPSA) is 166 Å². The fourth-order valence-corrected chi connectivity index (χ4v) is 2.78. The molecule has 0 radical (unpaired) electrons. The van der Waals surface area contributed by atoms with Crippen LogP contribution in [0.1, 0.15) is 0 Å². The molecule has 13 heteroatoms. The summed E-state index contributed by atoms with van der Waals surface area (Å²) in [7, 11) is -3.75. The van der Waals surface area contributed by atoms with Crippen molar-refractivity contribution in [1.82, 2.24) is 4.72 Å². The van der Waals surface area contributed by atoms with E-state index in [4.69, 9.17) is 19.7 Å². The minimum atomic E-state index is -3.75. The molecule has 0 unspecified atom stereocenters. The number of nitrogens with one attached hydrogen (secondary N) is 1. The van der Waals surface area contributed by atoms with Crippen LogP contribution in [0.5, 0.6) is 0 Å². The molecule has 1 aromatic rings. The zero-order chi connectivity index (χ0) is 20.0. The van der Waals surface area contributed by atoms with Gasteiger partial charge in [-0.25, -0.2) is 13.1 Å². The first-order valence-corrected chi connectivity index (χ1v) is 9.44. The van der Waals surface area contributed by atoms with E-state index in [0.717, 1.165) is 12.1 Å². The lowest BCUT2D eigenvalue weighted by Crippen LogP contribution is -2.27. The van der Waals surface area contributed by atoms with E-state index < -0.39 is 14.9 Å². The van der Waals surface area contributed by atoms with Crippen molar-refractivity contribution in [3.63, 3.8) is 0 Å². The molecule has 0 saturated heterocycles. The van der Waals surface area contributed by atoms with Crippen LogP contribution in [0.3, 0.4) is 0 Å². The van der Waals surface area contributed by atoms with Crippen LogP contribution >= 0.6 is 0 Å². The molecule has 0 atom stereocenters. The van der Waals surface area contributed by atoms with Crippen LogP contribution in [0, 0.1) is 10.1 Å². The fraction of sp³-hybridized carbons (Fsp3) is 0.571. The molecule has 0 fully saturated rings. The van der Waals surface area contributed by atoms with Gasteiger partial charge in [0.25, 0.3) is 5.69 Å². The van der Waals surface area contributed by atoms with Gasteiger partial charge in [0, 0.05) is 30.1 Å². The molecule has 0 amide bonds. The molecule has 0 aliphatic rings. The van der Waals surface area contributed by atoms with E-state index in [-0.39, 0.29) is 36.9 Å². The van der Waals surface area contributed by atoms with Crippen molar-refractivity contribution in [3.8, 4) is 0 Å². The maximum absolute atomic E-state index is 12.0. The van der Waals surface area contributed by atoms with Crippen LogP contribution in [0.15, 0.2) is 34.3 Å². The first kappa shape index (κ1) is 22.8. The van der Waals surface area contributed by atoms with E-state index in [2.05, 4.69) is 14.7 Å². The summed E-state index contributed by atoms with van der Waals surface area (Å²) >= 11 is 0. The van der Waals surface area contributed by atoms with Crippen LogP contribution in [0.25, 0.3) is 10.4 Å². The van der Waals surface area contributed by atoms with Crippen molar-refractivity contribution < 1.29 is 27.6 Å². The SMILES string of the molecule is [N-]=[N+]=NCCOCCOCCOCCNS(=O)(=O)c1ccc([N+](=O)[O-])cc1. The Bertz CT molecular complexity index is 720. The monoisotopic (exact) mass is 403 g/mol. The lowest BCUT2D eigenvalue weighted by atomic mass is 10.3. The van der Waals surface area contributed by atoms with Crippen molar-refractivity contribution in [2.45, 2.75) is 4.90 Å². The minimum absolute atomic E-state index is 0.0574. The van der Waals surface area contributed by atoms with Crippen LogP contribution < -0.4 is 4.72 Å². The number of benzene rings is 1. The second kappa shape index (κ2) is 13.0. The average molecular weight is 403 g/mol. The Morgan fingerprint density at radius 2 is 1.59 bits per heavy atom. The number of hydrogen-bond donors (Lipinski definition) is 1. The fourth-order valence-electron chi connectivity index (χ4n) is 1.77. The summed E-state index contributed by atoms with van der Waals surface area (Å²) in [5.41, 5.74) is 7.88. The largest absolute Gasteiger partial charge is 0.379 e. The number of non-ortho nitro benzene ring substituents is 1. The van der Waals surface area contributed by atoms with Gasteiger partial charge in [-0.15, -0.1) is 0 Å². The molecule has 0 heterocycles. The van der Waals surface area contributed by atoms with E-state index >= 15 is 0 Å². The highest BCUT2D eigenvalue weighted by Crippen LogP contribution is 2.15. The molecule has 0 spiro atoms. The van der Waals surface area contributed by atoms with Gasteiger partial charge >= 0.3 is 0 Å². The summed E-state index contributed by atoms with van der Waals surface area (Å²) in [6.07, 6.45) is 0. The normalized spacial score (nSPS) is 11.1. The van der Waals surface area contributed by atoms with Crippen LogP contribution in [-0.4, -0.2) is 66.1 Å². The van der Waals surface area contributed by atoms with Gasteiger partial charge < -0.3 is 14.2 Å². The van der Waals surface area contributed by atoms with Crippen LogP contribution in [0.4, 0.5) is 5.69 Å². The van der Waals surface area contributed by atoms with E-state index in [1.807, 2.05) is 0 Å². The van der Waals surface area contributed by atoms with Gasteiger partial charge in [0.15, 0.2) is 0 Å². The zero-order valence-corrected chi connectivity index (χ0v) is 15.3. The Kier molecular flexibility index (Phi) is 10.9. The maximum atomic E-state index is 12.0. The summed E-state index contributed by atoms with van der Waals surface area (Å²) in [5.74, 6) is 0. The van der Waals surface area contributed by atoms with Crippen molar-refractivity contribution in [2.75, 3.05) is 52.7 Å². The lowest BCUT2D eigenvalue weighted by Gasteiger charge is -2.08. The van der Waals surface area contributed by atoms with Gasteiger partial charge in [-0.05, 0) is 17.7 Å². The van der Waals surface area contributed by atoms with E-state index in [1.54, 1.807) is 0 Å². The van der Waals surface area contributed by atoms with Gasteiger partial charge in [-0.1, -0.05) is 5.11 Å². The molecule has 0 bridgehead atoms. The third kappa shape index (κ3) is 9.84. The number of nitro benzene ring substituents is 1. The number of sulfonamides is 1. The van der Waals surface area contributed by atoms with Gasteiger partial charge in [0.2, 0.25) is 10.0 Å². The third-order valence-electron chi connectivity index (χ3n) is 3.04. The average Bonchev–Trinajstić information content (AvgIpc) is 2.65. The number of ether oxygens (including phenoxy) is 3. The number of nitrogens with zero attached hydrogens (tertiary/aromatic N) is 4. The summed E-state index contributed by atoms with van der Waals surface area (Å²) in [6, 6.07) is 4.60. The van der Waals surface area contributed by atoms with Gasteiger partial charge in [-0.3, -0.25) is 10.1 Å².